The fourth-order valence-electron chi connectivity index (χ4n) is 1.63. The van der Waals surface area contributed by atoms with Gasteiger partial charge in [-0.1, -0.05) is 11.6 Å². The van der Waals surface area contributed by atoms with Crippen molar-refractivity contribution in [1.82, 2.24) is 4.90 Å². The maximum Gasteiger partial charge on any atom is 0.256 e. The van der Waals surface area contributed by atoms with Gasteiger partial charge in [-0.3, -0.25) is 4.79 Å². The Morgan fingerprint density at radius 3 is 2.56 bits per heavy atom. The van der Waals surface area contributed by atoms with Crippen molar-refractivity contribution in [2.24, 2.45) is 0 Å². The SMILES string of the molecule is CCN(CC(C)(C)O)C(=O)c1ccc(Cl)cc1F. The van der Waals surface area contributed by atoms with E-state index < -0.39 is 17.3 Å². The highest BCUT2D eigenvalue weighted by Crippen LogP contribution is 2.17. The van der Waals surface area contributed by atoms with Gasteiger partial charge in [0.2, 0.25) is 0 Å². The van der Waals surface area contributed by atoms with Crippen LogP contribution in [0.3, 0.4) is 0 Å². The Morgan fingerprint density at radius 1 is 1.50 bits per heavy atom. The minimum absolute atomic E-state index is 0.0366. The number of nitrogens with zero attached hydrogens (tertiary/aromatic N) is 1. The number of likely N-dealkylation sites (N-methyl/N-ethyl adjacent to an activating group) is 1. The Labute approximate surface area is 111 Å². The number of hydrogen-bond donors (Lipinski definition) is 1. The van der Waals surface area contributed by atoms with Gasteiger partial charge in [-0.15, -0.1) is 0 Å². The van der Waals surface area contributed by atoms with E-state index in [1.807, 2.05) is 0 Å². The molecule has 0 saturated heterocycles. The van der Waals surface area contributed by atoms with Crippen LogP contribution in [0.2, 0.25) is 5.02 Å². The molecule has 0 aliphatic carbocycles. The van der Waals surface area contributed by atoms with Gasteiger partial charge in [0.25, 0.3) is 5.91 Å². The van der Waals surface area contributed by atoms with Gasteiger partial charge in [-0.25, -0.2) is 4.39 Å². The highest BCUT2D eigenvalue weighted by molar-refractivity contribution is 6.30. The fourth-order valence-corrected chi connectivity index (χ4v) is 1.79. The number of benzene rings is 1. The van der Waals surface area contributed by atoms with E-state index in [0.717, 1.165) is 6.07 Å². The fraction of sp³-hybridized carbons (Fsp3) is 0.462. The zero-order valence-electron chi connectivity index (χ0n) is 10.7. The van der Waals surface area contributed by atoms with Gasteiger partial charge in [-0.05, 0) is 39.0 Å². The summed E-state index contributed by atoms with van der Waals surface area (Å²) in [5, 5.41) is 9.96. The van der Waals surface area contributed by atoms with Gasteiger partial charge >= 0.3 is 0 Å². The number of hydrogen-bond acceptors (Lipinski definition) is 2. The quantitative estimate of drug-likeness (QED) is 0.916. The van der Waals surface area contributed by atoms with Gasteiger partial charge in [0.05, 0.1) is 11.2 Å². The van der Waals surface area contributed by atoms with Crippen molar-refractivity contribution in [3.8, 4) is 0 Å². The molecular weight excluding hydrogens is 257 g/mol. The molecule has 0 aliphatic rings. The number of carbonyl (C=O) groups is 1. The third-order valence-electron chi connectivity index (χ3n) is 2.41. The average molecular weight is 274 g/mol. The summed E-state index contributed by atoms with van der Waals surface area (Å²) in [6, 6.07) is 3.93. The molecule has 18 heavy (non-hydrogen) atoms. The smallest absolute Gasteiger partial charge is 0.256 e. The molecule has 100 valence electrons. The van der Waals surface area contributed by atoms with Crippen molar-refractivity contribution < 1.29 is 14.3 Å². The van der Waals surface area contributed by atoms with E-state index in [0.29, 0.717) is 6.54 Å². The maximum absolute atomic E-state index is 13.6. The summed E-state index contributed by atoms with van der Waals surface area (Å²) in [7, 11) is 0. The van der Waals surface area contributed by atoms with Crippen LogP contribution in [0.15, 0.2) is 18.2 Å². The Bertz CT molecular complexity index is 443. The number of amides is 1. The first-order valence-corrected chi connectivity index (χ1v) is 6.09. The van der Waals surface area contributed by atoms with Crippen molar-refractivity contribution in [2.45, 2.75) is 26.4 Å². The Hall–Kier alpha value is -1.13. The van der Waals surface area contributed by atoms with Crippen LogP contribution in [0.25, 0.3) is 0 Å². The maximum atomic E-state index is 13.6. The average Bonchev–Trinajstić information content (AvgIpc) is 2.24. The topological polar surface area (TPSA) is 40.5 Å². The molecule has 0 bridgehead atoms. The van der Waals surface area contributed by atoms with Crippen LogP contribution < -0.4 is 0 Å². The first-order chi connectivity index (χ1) is 8.24. The molecule has 1 rings (SSSR count). The molecule has 1 N–H and O–H groups in total. The molecule has 3 nitrogen and oxygen atoms in total. The number of carbonyl (C=O) groups excluding carboxylic acids is 1. The molecule has 5 heteroatoms. The number of halogens is 2. The van der Waals surface area contributed by atoms with Gasteiger partial charge < -0.3 is 10.0 Å². The predicted molar refractivity (Wildman–Crippen MR) is 69.3 cm³/mol. The van der Waals surface area contributed by atoms with Crippen LogP contribution in [0.1, 0.15) is 31.1 Å². The summed E-state index contributed by atoms with van der Waals surface area (Å²) in [5.41, 5.74) is -1.06. The Kier molecular flexibility index (Phi) is 4.71. The molecule has 0 radical (unpaired) electrons. The van der Waals surface area contributed by atoms with Crippen LogP contribution in [-0.4, -0.2) is 34.6 Å². The van der Waals surface area contributed by atoms with E-state index in [1.54, 1.807) is 20.8 Å². The van der Waals surface area contributed by atoms with Crippen LogP contribution >= 0.6 is 11.6 Å². The Balaban J connectivity index is 2.97. The van der Waals surface area contributed by atoms with E-state index in [2.05, 4.69) is 0 Å². The van der Waals surface area contributed by atoms with E-state index in [-0.39, 0.29) is 17.1 Å². The lowest BCUT2D eigenvalue weighted by Gasteiger charge is -2.28. The van der Waals surface area contributed by atoms with Gasteiger partial charge in [0, 0.05) is 18.1 Å². The van der Waals surface area contributed by atoms with Crippen molar-refractivity contribution in [1.29, 1.82) is 0 Å². The summed E-state index contributed by atoms with van der Waals surface area (Å²) in [6.45, 7) is 5.51. The molecule has 0 aromatic heterocycles. The molecule has 0 atom stereocenters. The first kappa shape index (κ1) is 14.9. The van der Waals surface area contributed by atoms with Crippen LogP contribution in [0, 0.1) is 5.82 Å². The molecule has 1 amide bonds. The van der Waals surface area contributed by atoms with Crippen LogP contribution in [0.4, 0.5) is 4.39 Å². The third kappa shape index (κ3) is 3.96. The van der Waals surface area contributed by atoms with E-state index in [9.17, 15) is 14.3 Å². The molecule has 0 heterocycles. The molecular formula is C13H17ClFNO2. The zero-order valence-corrected chi connectivity index (χ0v) is 11.5. The van der Waals surface area contributed by atoms with Crippen molar-refractivity contribution >= 4 is 17.5 Å². The first-order valence-electron chi connectivity index (χ1n) is 5.71. The van der Waals surface area contributed by atoms with E-state index in [4.69, 9.17) is 11.6 Å². The molecule has 0 fully saturated rings. The second kappa shape index (κ2) is 5.67. The summed E-state index contributed by atoms with van der Waals surface area (Å²) >= 11 is 5.64. The standard InChI is InChI=1S/C13H17ClFNO2/c1-4-16(8-13(2,3)18)12(17)10-6-5-9(14)7-11(10)15/h5-7,18H,4,8H2,1-3H3. The van der Waals surface area contributed by atoms with Crippen LogP contribution in [-0.2, 0) is 0 Å². The summed E-state index contributed by atoms with van der Waals surface area (Å²) in [4.78, 5) is 13.5. The monoisotopic (exact) mass is 273 g/mol. The second-order valence-electron chi connectivity index (χ2n) is 4.76. The summed E-state index contributed by atoms with van der Waals surface area (Å²) in [5.74, 6) is -1.10. The van der Waals surface area contributed by atoms with Gasteiger partial charge in [0.15, 0.2) is 0 Å². The van der Waals surface area contributed by atoms with Gasteiger partial charge in [-0.2, -0.15) is 0 Å². The summed E-state index contributed by atoms with van der Waals surface area (Å²) < 4.78 is 13.6. The normalized spacial score (nSPS) is 11.4. The highest BCUT2D eigenvalue weighted by Gasteiger charge is 2.24. The van der Waals surface area contributed by atoms with Gasteiger partial charge in [0.1, 0.15) is 5.82 Å². The number of aliphatic hydroxyl groups is 1. The minimum Gasteiger partial charge on any atom is -0.389 e. The predicted octanol–water partition coefficient (Wildman–Crippen LogP) is 2.71. The lowest BCUT2D eigenvalue weighted by Crippen LogP contribution is -2.42. The number of rotatable bonds is 4. The minimum atomic E-state index is -1.02. The molecule has 0 unspecified atom stereocenters. The second-order valence-corrected chi connectivity index (χ2v) is 5.19. The van der Waals surface area contributed by atoms with Crippen LogP contribution in [0.5, 0.6) is 0 Å². The lowest BCUT2D eigenvalue weighted by atomic mass is 10.1. The van der Waals surface area contributed by atoms with E-state index >= 15 is 0 Å². The molecule has 0 spiro atoms. The molecule has 1 aromatic rings. The third-order valence-corrected chi connectivity index (χ3v) is 2.64. The summed E-state index contributed by atoms with van der Waals surface area (Å²) in [6.07, 6.45) is 0. The molecule has 0 aliphatic heterocycles. The van der Waals surface area contributed by atoms with Crippen molar-refractivity contribution in [3.63, 3.8) is 0 Å². The highest BCUT2D eigenvalue weighted by atomic mass is 35.5. The van der Waals surface area contributed by atoms with Crippen molar-refractivity contribution in [2.75, 3.05) is 13.1 Å². The largest absolute Gasteiger partial charge is 0.389 e. The van der Waals surface area contributed by atoms with Crippen molar-refractivity contribution in [3.05, 3.63) is 34.6 Å². The van der Waals surface area contributed by atoms with E-state index in [1.165, 1.54) is 17.0 Å². The molecule has 0 saturated carbocycles. The lowest BCUT2D eigenvalue weighted by molar-refractivity contribution is 0.0312. The molecule has 1 aromatic carbocycles. The zero-order chi connectivity index (χ0) is 13.9. The Morgan fingerprint density at radius 2 is 2.11 bits per heavy atom.